The standard InChI is InChI=1S/C13H16N4O/c14-7-6-13(18)16-12-5-2-1-4-11(12)10-17-9-3-8-15-17/h1-5,8-9H,6-7,10,14H2,(H,16,18). The first-order valence-corrected chi connectivity index (χ1v) is 5.85. The number of amides is 1. The Morgan fingerprint density at radius 2 is 2.17 bits per heavy atom. The Balaban J connectivity index is 2.12. The minimum atomic E-state index is -0.0644. The Bertz CT molecular complexity index is 507. The van der Waals surface area contributed by atoms with Gasteiger partial charge in [0.1, 0.15) is 0 Å². The number of anilines is 1. The van der Waals surface area contributed by atoms with E-state index in [1.165, 1.54) is 0 Å². The van der Waals surface area contributed by atoms with E-state index in [-0.39, 0.29) is 5.91 Å². The number of aromatic nitrogens is 2. The molecule has 1 amide bonds. The Morgan fingerprint density at radius 1 is 1.33 bits per heavy atom. The molecule has 2 aromatic rings. The fourth-order valence-electron chi connectivity index (χ4n) is 1.69. The van der Waals surface area contributed by atoms with Crippen LogP contribution in [0.15, 0.2) is 42.7 Å². The second-order valence-corrected chi connectivity index (χ2v) is 3.95. The smallest absolute Gasteiger partial charge is 0.225 e. The SMILES string of the molecule is NCCC(=O)Nc1ccccc1Cn1cccn1. The molecule has 1 aromatic carbocycles. The lowest BCUT2D eigenvalue weighted by Crippen LogP contribution is -2.17. The number of rotatable bonds is 5. The van der Waals surface area contributed by atoms with Crippen molar-refractivity contribution >= 4 is 11.6 Å². The zero-order valence-corrected chi connectivity index (χ0v) is 10.0. The minimum Gasteiger partial charge on any atom is -0.330 e. The van der Waals surface area contributed by atoms with Gasteiger partial charge in [-0.1, -0.05) is 18.2 Å². The lowest BCUT2D eigenvalue weighted by Gasteiger charge is -2.10. The van der Waals surface area contributed by atoms with Gasteiger partial charge in [-0.05, 0) is 17.7 Å². The number of nitrogens with one attached hydrogen (secondary N) is 1. The number of hydrogen-bond acceptors (Lipinski definition) is 3. The van der Waals surface area contributed by atoms with Gasteiger partial charge < -0.3 is 11.1 Å². The van der Waals surface area contributed by atoms with E-state index in [0.717, 1.165) is 11.3 Å². The van der Waals surface area contributed by atoms with Crippen LogP contribution >= 0.6 is 0 Å². The number of carbonyl (C=O) groups excluding carboxylic acids is 1. The first-order valence-electron chi connectivity index (χ1n) is 5.85. The quantitative estimate of drug-likeness (QED) is 0.830. The second kappa shape index (κ2) is 5.97. The molecule has 0 radical (unpaired) electrons. The van der Waals surface area contributed by atoms with E-state index < -0.39 is 0 Å². The zero-order chi connectivity index (χ0) is 12.8. The number of benzene rings is 1. The van der Waals surface area contributed by atoms with Crippen molar-refractivity contribution in [2.24, 2.45) is 5.73 Å². The van der Waals surface area contributed by atoms with E-state index in [4.69, 9.17) is 5.73 Å². The van der Waals surface area contributed by atoms with Crippen molar-refractivity contribution in [3.63, 3.8) is 0 Å². The zero-order valence-electron chi connectivity index (χ0n) is 10.0. The third-order valence-corrected chi connectivity index (χ3v) is 2.55. The monoisotopic (exact) mass is 244 g/mol. The van der Waals surface area contributed by atoms with Gasteiger partial charge in [-0.25, -0.2) is 0 Å². The normalized spacial score (nSPS) is 10.3. The third kappa shape index (κ3) is 3.18. The van der Waals surface area contributed by atoms with Crippen LogP contribution in [-0.2, 0) is 11.3 Å². The van der Waals surface area contributed by atoms with Gasteiger partial charge >= 0.3 is 0 Å². The molecule has 0 saturated heterocycles. The highest BCUT2D eigenvalue weighted by atomic mass is 16.1. The maximum Gasteiger partial charge on any atom is 0.225 e. The molecule has 5 heteroatoms. The first kappa shape index (κ1) is 12.3. The molecule has 2 rings (SSSR count). The summed E-state index contributed by atoms with van der Waals surface area (Å²) in [6, 6.07) is 9.56. The minimum absolute atomic E-state index is 0.0644. The number of hydrogen-bond donors (Lipinski definition) is 2. The fourth-order valence-corrected chi connectivity index (χ4v) is 1.69. The number of nitrogens with two attached hydrogens (primary N) is 1. The van der Waals surface area contributed by atoms with Crippen LogP contribution in [0.2, 0.25) is 0 Å². The summed E-state index contributed by atoms with van der Waals surface area (Å²) in [4.78, 5) is 11.6. The van der Waals surface area contributed by atoms with Crippen LogP contribution in [0.25, 0.3) is 0 Å². The van der Waals surface area contributed by atoms with Crippen LogP contribution in [-0.4, -0.2) is 22.2 Å². The van der Waals surface area contributed by atoms with Gasteiger partial charge in [0.15, 0.2) is 0 Å². The molecule has 0 saturated carbocycles. The summed E-state index contributed by atoms with van der Waals surface area (Å²) in [5.41, 5.74) is 7.19. The van der Waals surface area contributed by atoms with Gasteiger partial charge in [-0.15, -0.1) is 0 Å². The lowest BCUT2D eigenvalue weighted by atomic mass is 10.1. The summed E-state index contributed by atoms with van der Waals surface area (Å²) in [6.45, 7) is 0.985. The summed E-state index contributed by atoms with van der Waals surface area (Å²) in [6.07, 6.45) is 3.95. The summed E-state index contributed by atoms with van der Waals surface area (Å²) in [7, 11) is 0. The largest absolute Gasteiger partial charge is 0.330 e. The molecule has 0 fully saturated rings. The maximum absolute atomic E-state index is 11.6. The van der Waals surface area contributed by atoms with Gasteiger partial charge in [0, 0.05) is 31.0 Å². The van der Waals surface area contributed by atoms with E-state index in [1.807, 2.05) is 41.2 Å². The molecule has 0 atom stereocenters. The van der Waals surface area contributed by atoms with Crippen molar-refractivity contribution < 1.29 is 4.79 Å². The highest BCUT2D eigenvalue weighted by Crippen LogP contribution is 2.16. The summed E-state index contributed by atoms with van der Waals surface area (Å²) in [5.74, 6) is -0.0644. The van der Waals surface area contributed by atoms with Gasteiger partial charge in [-0.2, -0.15) is 5.10 Å². The molecule has 0 spiro atoms. The van der Waals surface area contributed by atoms with E-state index in [2.05, 4.69) is 10.4 Å². The van der Waals surface area contributed by atoms with Crippen LogP contribution in [0, 0.1) is 0 Å². The topological polar surface area (TPSA) is 72.9 Å². The Morgan fingerprint density at radius 3 is 2.89 bits per heavy atom. The highest BCUT2D eigenvalue weighted by Gasteiger charge is 2.06. The van der Waals surface area contributed by atoms with Gasteiger partial charge in [-0.3, -0.25) is 9.48 Å². The molecule has 0 aliphatic heterocycles. The summed E-state index contributed by atoms with van der Waals surface area (Å²) < 4.78 is 1.81. The molecule has 0 aliphatic carbocycles. The average Bonchev–Trinajstić information content (AvgIpc) is 2.85. The Hall–Kier alpha value is -2.14. The fraction of sp³-hybridized carbons (Fsp3) is 0.231. The van der Waals surface area contributed by atoms with Crippen LogP contribution in [0.3, 0.4) is 0 Å². The van der Waals surface area contributed by atoms with Crippen molar-refractivity contribution in [1.29, 1.82) is 0 Å². The van der Waals surface area contributed by atoms with Crippen molar-refractivity contribution in [3.8, 4) is 0 Å². The summed E-state index contributed by atoms with van der Waals surface area (Å²) >= 11 is 0. The number of nitrogens with zero attached hydrogens (tertiary/aromatic N) is 2. The Kier molecular flexibility index (Phi) is 4.09. The average molecular weight is 244 g/mol. The molecule has 1 heterocycles. The molecule has 1 aromatic heterocycles. The van der Waals surface area contributed by atoms with Crippen molar-refractivity contribution in [2.75, 3.05) is 11.9 Å². The third-order valence-electron chi connectivity index (χ3n) is 2.55. The molecule has 18 heavy (non-hydrogen) atoms. The molecular weight excluding hydrogens is 228 g/mol. The lowest BCUT2D eigenvalue weighted by molar-refractivity contribution is -0.116. The highest BCUT2D eigenvalue weighted by molar-refractivity contribution is 5.91. The maximum atomic E-state index is 11.6. The molecule has 3 N–H and O–H groups in total. The van der Waals surface area contributed by atoms with E-state index in [9.17, 15) is 4.79 Å². The Labute approximate surface area is 106 Å². The predicted octanol–water partition coefficient (Wildman–Crippen LogP) is 1.22. The molecule has 0 unspecified atom stereocenters. The molecular formula is C13H16N4O. The van der Waals surface area contributed by atoms with E-state index in [0.29, 0.717) is 19.5 Å². The van der Waals surface area contributed by atoms with E-state index >= 15 is 0 Å². The van der Waals surface area contributed by atoms with Crippen molar-refractivity contribution in [1.82, 2.24) is 9.78 Å². The van der Waals surface area contributed by atoms with E-state index in [1.54, 1.807) is 6.20 Å². The van der Waals surface area contributed by atoms with Crippen LogP contribution in [0.5, 0.6) is 0 Å². The number of para-hydroxylation sites is 1. The van der Waals surface area contributed by atoms with Crippen LogP contribution in [0.1, 0.15) is 12.0 Å². The molecule has 5 nitrogen and oxygen atoms in total. The summed E-state index contributed by atoms with van der Waals surface area (Å²) in [5, 5.41) is 7.02. The first-order chi connectivity index (χ1) is 8.79. The molecule has 0 aliphatic rings. The van der Waals surface area contributed by atoms with Crippen LogP contribution in [0.4, 0.5) is 5.69 Å². The van der Waals surface area contributed by atoms with Gasteiger partial charge in [0.2, 0.25) is 5.91 Å². The van der Waals surface area contributed by atoms with Gasteiger partial charge in [0.25, 0.3) is 0 Å². The van der Waals surface area contributed by atoms with Crippen molar-refractivity contribution in [2.45, 2.75) is 13.0 Å². The number of carbonyl (C=O) groups is 1. The molecule has 94 valence electrons. The second-order valence-electron chi connectivity index (χ2n) is 3.95. The predicted molar refractivity (Wildman–Crippen MR) is 70.1 cm³/mol. The van der Waals surface area contributed by atoms with Crippen molar-refractivity contribution in [3.05, 3.63) is 48.3 Å². The molecule has 0 bridgehead atoms. The van der Waals surface area contributed by atoms with Crippen LogP contribution < -0.4 is 11.1 Å². The van der Waals surface area contributed by atoms with Gasteiger partial charge in [0.05, 0.1) is 6.54 Å².